The quantitative estimate of drug-likeness (QED) is 0.787. The van der Waals surface area contributed by atoms with Crippen molar-refractivity contribution in [3.63, 3.8) is 0 Å². The molecule has 1 aliphatic rings. The zero-order valence-corrected chi connectivity index (χ0v) is 12.0. The van der Waals surface area contributed by atoms with Crippen molar-refractivity contribution in [2.45, 2.75) is 25.9 Å². The Morgan fingerprint density at radius 3 is 2.95 bits per heavy atom. The number of ether oxygens (including phenoxy) is 1. The Morgan fingerprint density at radius 2 is 2.25 bits per heavy atom. The van der Waals surface area contributed by atoms with Gasteiger partial charge in [0.2, 0.25) is 15.7 Å². The number of nitrogens with zero attached hydrogens (tertiary/aromatic N) is 4. The van der Waals surface area contributed by atoms with Crippen molar-refractivity contribution in [2.24, 2.45) is 0 Å². The Labute approximate surface area is 118 Å². The first-order chi connectivity index (χ1) is 9.56. The lowest BCUT2D eigenvalue weighted by molar-refractivity contribution is 0.205. The van der Waals surface area contributed by atoms with Crippen molar-refractivity contribution in [1.29, 1.82) is 5.26 Å². The molecule has 1 fully saturated rings. The standard InChI is InChI=1S/C12H16N4O3S/c1-2-7-20(17,18)16-6-3-10(9-16)19-12-11(8-13)14-4-5-15-12/h4-5,10H,2-3,6-7,9H2,1H3/t10-/m1/s1. The summed E-state index contributed by atoms with van der Waals surface area (Å²) in [6.07, 6.45) is 3.75. The first kappa shape index (κ1) is 14.7. The van der Waals surface area contributed by atoms with E-state index in [1.165, 1.54) is 16.7 Å². The molecule has 2 heterocycles. The third-order valence-electron chi connectivity index (χ3n) is 3.01. The molecule has 0 bridgehead atoms. The van der Waals surface area contributed by atoms with Gasteiger partial charge in [0.25, 0.3) is 5.88 Å². The maximum absolute atomic E-state index is 11.9. The summed E-state index contributed by atoms with van der Waals surface area (Å²) >= 11 is 0. The van der Waals surface area contributed by atoms with Crippen LogP contribution in [0, 0.1) is 11.3 Å². The van der Waals surface area contributed by atoms with Crippen LogP contribution in [0.4, 0.5) is 0 Å². The van der Waals surface area contributed by atoms with Gasteiger partial charge in [0, 0.05) is 18.9 Å². The topological polar surface area (TPSA) is 96.2 Å². The molecule has 1 aromatic rings. The molecule has 0 spiro atoms. The molecule has 1 atom stereocenters. The zero-order valence-electron chi connectivity index (χ0n) is 11.2. The van der Waals surface area contributed by atoms with Crippen molar-refractivity contribution in [3.05, 3.63) is 18.1 Å². The van der Waals surface area contributed by atoms with Crippen molar-refractivity contribution in [2.75, 3.05) is 18.8 Å². The second-order valence-corrected chi connectivity index (χ2v) is 6.61. The van der Waals surface area contributed by atoms with Crippen LogP contribution in [-0.4, -0.2) is 47.6 Å². The van der Waals surface area contributed by atoms with Gasteiger partial charge in [-0.3, -0.25) is 0 Å². The van der Waals surface area contributed by atoms with Crippen molar-refractivity contribution in [1.82, 2.24) is 14.3 Å². The fourth-order valence-electron chi connectivity index (χ4n) is 2.08. The molecule has 0 saturated carbocycles. The maximum Gasteiger partial charge on any atom is 0.251 e. The highest BCUT2D eigenvalue weighted by molar-refractivity contribution is 7.89. The fraction of sp³-hybridized carbons (Fsp3) is 0.583. The summed E-state index contributed by atoms with van der Waals surface area (Å²) in [6.45, 7) is 2.57. The molecule has 0 aliphatic carbocycles. The lowest BCUT2D eigenvalue weighted by atomic mass is 10.3. The summed E-state index contributed by atoms with van der Waals surface area (Å²) < 4.78 is 30.9. The lowest BCUT2D eigenvalue weighted by Gasteiger charge is -2.16. The Morgan fingerprint density at radius 1 is 1.50 bits per heavy atom. The molecule has 20 heavy (non-hydrogen) atoms. The van der Waals surface area contributed by atoms with Gasteiger partial charge in [0.15, 0.2) is 0 Å². The van der Waals surface area contributed by atoms with Gasteiger partial charge >= 0.3 is 0 Å². The van der Waals surface area contributed by atoms with Gasteiger partial charge < -0.3 is 4.74 Å². The summed E-state index contributed by atoms with van der Waals surface area (Å²) in [5.41, 5.74) is 0.113. The smallest absolute Gasteiger partial charge is 0.251 e. The summed E-state index contributed by atoms with van der Waals surface area (Å²) in [7, 11) is -3.20. The molecule has 8 heteroatoms. The van der Waals surface area contributed by atoms with Gasteiger partial charge in [-0.2, -0.15) is 9.57 Å². The second kappa shape index (κ2) is 6.15. The molecule has 1 aliphatic heterocycles. The molecule has 2 rings (SSSR count). The Hall–Kier alpha value is -1.72. The Kier molecular flexibility index (Phi) is 4.52. The van der Waals surface area contributed by atoms with E-state index in [2.05, 4.69) is 9.97 Å². The molecule has 0 aromatic carbocycles. The minimum absolute atomic E-state index is 0.113. The van der Waals surface area contributed by atoms with E-state index in [4.69, 9.17) is 10.00 Å². The number of nitriles is 1. The summed E-state index contributed by atoms with van der Waals surface area (Å²) in [5, 5.41) is 8.90. The average Bonchev–Trinajstić information content (AvgIpc) is 2.89. The maximum atomic E-state index is 11.9. The number of hydrogen-bond donors (Lipinski definition) is 0. The van der Waals surface area contributed by atoms with Crippen LogP contribution in [0.5, 0.6) is 5.88 Å². The average molecular weight is 296 g/mol. The molecule has 0 N–H and O–H groups in total. The highest BCUT2D eigenvalue weighted by Gasteiger charge is 2.32. The Bertz CT molecular complexity index is 611. The number of hydrogen-bond acceptors (Lipinski definition) is 6. The molecule has 1 aromatic heterocycles. The lowest BCUT2D eigenvalue weighted by Crippen LogP contribution is -2.32. The van der Waals surface area contributed by atoms with Crippen LogP contribution in [0.1, 0.15) is 25.5 Å². The van der Waals surface area contributed by atoms with Crippen LogP contribution in [0.25, 0.3) is 0 Å². The molecule has 0 unspecified atom stereocenters. The van der Waals surface area contributed by atoms with Crippen LogP contribution in [0.2, 0.25) is 0 Å². The summed E-state index contributed by atoms with van der Waals surface area (Å²) in [5.74, 6) is 0.309. The predicted molar refractivity (Wildman–Crippen MR) is 71.4 cm³/mol. The van der Waals surface area contributed by atoms with Crippen molar-refractivity contribution < 1.29 is 13.2 Å². The second-order valence-electron chi connectivity index (χ2n) is 4.52. The number of aromatic nitrogens is 2. The van der Waals surface area contributed by atoms with Gasteiger partial charge in [-0.25, -0.2) is 18.4 Å². The zero-order chi connectivity index (χ0) is 14.6. The van der Waals surface area contributed by atoms with Gasteiger partial charge in [-0.1, -0.05) is 6.92 Å². The van der Waals surface area contributed by atoms with Crippen LogP contribution >= 0.6 is 0 Å². The third kappa shape index (κ3) is 3.23. The van der Waals surface area contributed by atoms with E-state index < -0.39 is 10.0 Å². The SMILES string of the molecule is CCCS(=O)(=O)N1CC[C@@H](Oc2nccnc2C#N)C1. The predicted octanol–water partition coefficient (Wildman–Crippen LogP) is 0.541. The first-order valence-electron chi connectivity index (χ1n) is 6.42. The normalized spacial score (nSPS) is 19.7. The van der Waals surface area contributed by atoms with Crippen LogP contribution in [0.3, 0.4) is 0 Å². The summed E-state index contributed by atoms with van der Waals surface area (Å²) in [6, 6.07) is 1.90. The van der Waals surface area contributed by atoms with Crippen molar-refractivity contribution >= 4 is 10.0 Å². The van der Waals surface area contributed by atoms with Gasteiger partial charge in [-0.05, 0) is 12.8 Å². The minimum atomic E-state index is -3.20. The monoisotopic (exact) mass is 296 g/mol. The largest absolute Gasteiger partial charge is 0.471 e. The van der Waals surface area contributed by atoms with E-state index in [1.807, 2.05) is 13.0 Å². The van der Waals surface area contributed by atoms with E-state index in [-0.39, 0.29) is 23.4 Å². The van der Waals surface area contributed by atoms with E-state index in [1.54, 1.807) is 0 Å². The van der Waals surface area contributed by atoms with Crippen LogP contribution in [-0.2, 0) is 10.0 Å². The molecular weight excluding hydrogens is 280 g/mol. The van der Waals surface area contributed by atoms with Crippen molar-refractivity contribution in [3.8, 4) is 11.9 Å². The molecule has 7 nitrogen and oxygen atoms in total. The number of sulfonamides is 1. The molecule has 108 valence electrons. The summed E-state index contributed by atoms with van der Waals surface area (Å²) in [4.78, 5) is 7.82. The highest BCUT2D eigenvalue weighted by atomic mass is 32.2. The fourth-order valence-corrected chi connectivity index (χ4v) is 3.63. The van der Waals surface area contributed by atoms with Crippen LogP contribution < -0.4 is 4.74 Å². The van der Waals surface area contributed by atoms with Gasteiger partial charge in [0.1, 0.15) is 12.2 Å². The first-order valence-corrected chi connectivity index (χ1v) is 8.03. The van der Waals surface area contributed by atoms with E-state index in [0.717, 1.165) is 0 Å². The van der Waals surface area contributed by atoms with E-state index in [9.17, 15) is 8.42 Å². The molecule has 0 radical (unpaired) electrons. The molecule has 0 amide bonds. The van der Waals surface area contributed by atoms with E-state index >= 15 is 0 Å². The van der Waals surface area contributed by atoms with E-state index in [0.29, 0.717) is 25.9 Å². The minimum Gasteiger partial charge on any atom is -0.471 e. The third-order valence-corrected chi connectivity index (χ3v) is 5.05. The van der Waals surface area contributed by atoms with Gasteiger partial charge in [-0.15, -0.1) is 0 Å². The Balaban J connectivity index is 2.02. The van der Waals surface area contributed by atoms with Gasteiger partial charge in [0.05, 0.1) is 12.3 Å². The highest BCUT2D eigenvalue weighted by Crippen LogP contribution is 2.20. The number of rotatable bonds is 5. The van der Waals surface area contributed by atoms with Crippen LogP contribution in [0.15, 0.2) is 12.4 Å². The molecular formula is C12H16N4O3S. The molecule has 1 saturated heterocycles.